The zero-order valence-electron chi connectivity index (χ0n) is 16.1. The summed E-state index contributed by atoms with van der Waals surface area (Å²) >= 11 is 0. The Morgan fingerprint density at radius 3 is 2.57 bits per heavy atom. The van der Waals surface area contributed by atoms with Crippen LogP contribution in [0.3, 0.4) is 0 Å². The van der Waals surface area contributed by atoms with Gasteiger partial charge in [0.1, 0.15) is 18.1 Å². The summed E-state index contributed by atoms with van der Waals surface area (Å²) in [5.74, 6) is 1.47. The highest BCUT2D eigenvalue weighted by Crippen LogP contribution is 2.17. The number of ether oxygens (including phenoxy) is 2. The molecule has 3 rings (SSSR count). The van der Waals surface area contributed by atoms with Crippen molar-refractivity contribution in [1.82, 2.24) is 10.3 Å². The van der Waals surface area contributed by atoms with E-state index in [9.17, 15) is 9.59 Å². The molecule has 0 saturated heterocycles. The van der Waals surface area contributed by atoms with Crippen molar-refractivity contribution < 1.29 is 14.3 Å². The minimum absolute atomic E-state index is 0.0316. The van der Waals surface area contributed by atoms with E-state index in [0.29, 0.717) is 31.6 Å². The molecule has 28 heavy (non-hydrogen) atoms. The number of H-pyrrole nitrogens is 1. The maximum absolute atomic E-state index is 12.0. The lowest BCUT2D eigenvalue weighted by molar-refractivity contribution is -0.121. The van der Waals surface area contributed by atoms with Gasteiger partial charge in [-0.05, 0) is 60.7 Å². The van der Waals surface area contributed by atoms with Crippen molar-refractivity contribution in [2.45, 2.75) is 19.8 Å². The monoisotopic (exact) mass is 380 g/mol. The molecule has 2 N–H and O–H groups in total. The van der Waals surface area contributed by atoms with Crippen LogP contribution in [0.5, 0.6) is 11.5 Å². The molecule has 1 heterocycles. The third-order valence-corrected chi connectivity index (χ3v) is 4.49. The van der Waals surface area contributed by atoms with E-state index in [0.717, 1.165) is 28.0 Å². The highest BCUT2D eigenvalue weighted by molar-refractivity contribution is 5.80. The Morgan fingerprint density at radius 1 is 1.07 bits per heavy atom. The number of pyridine rings is 1. The fourth-order valence-electron chi connectivity index (χ4n) is 2.89. The van der Waals surface area contributed by atoms with Gasteiger partial charge in [0.05, 0.1) is 13.7 Å². The first-order chi connectivity index (χ1) is 13.5. The summed E-state index contributed by atoms with van der Waals surface area (Å²) in [5, 5.41) is 3.84. The average molecular weight is 380 g/mol. The Balaban J connectivity index is 1.43. The fourth-order valence-corrected chi connectivity index (χ4v) is 2.89. The number of aromatic amines is 1. The second-order valence-electron chi connectivity index (χ2n) is 6.58. The van der Waals surface area contributed by atoms with Gasteiger partial charge in [-0.25, -0.2) is 0 Å². The van der Waals surface area contributed by atoms with E-state index in [2.05, 4.69) is 10.3 Å². The van der Waals surface area contributed by atoms with Gasteiger partial charge >= 0.3 is 0 Å². The largest absolute Gasteiger partial charge is 0.497 e. The van der Waals surface area contributed by atoms with Gasteiger partial charge in [-0.1, -0.05) is 12.1 Å². The molecule has 1 aromatic heterocycles. The van der Waals surface area contributed by atoms with E-state index in [1.807, 2.05) is 48.5 Å². The minimum Gasteiger partial charge on any atom is -0.497 e. The lowest BCUT2D eigenvalue weighted by Gasteiger charge is -2.09. The number of aryl methyl sites for hydroxylation is 2. The molecule has 0 aliphatic heterocycles. The van der Waals surface area contributed by atoms with Crippen molar-refractivity contribution in [2.24, 2.45) is 0 Å². The van der Waals surface area contributed by atoms with Crippen molar-refractivity contribution in [2.75, 3.05) is 20.3 Å². The van der Waals surface area contributed by atoms with E-state index in [4.69, 9.17) is 9.47 Å². The number of methoxy groups -OCH3 is 1. The Bertz CT molecular complexity index is 1010. The number of amides is 1. The van der Waals surface area contributed by atoms with Crippen LogP contribution in [0.15, 0.2) is 53.3 Å². The Kier molecular flexibility index (Phi) is 6.32. The predicted octanol–water partition coefficient (Wildman–Crippen LogP) is 2.97. The fraction of sp³-hybridized carbons (Fsp3) is 0.273. The highest BCUT2D eigenvalue weighted by atomic mass is 16.5. The number of aromatic nitrogens is 1. The van der Waals surface area contributed by atoms with E-state index in [1.165, 1.54) is 0 Å². The van der Waals surface area contributed by atoms with Crippen molar-refractivity contribution in [3.05, 3.63) is 70.0 Å². The summed E-state index contributed by atoms with van der Waals surface area (Å²) in [6, 6.07) is 15.1. The second kappa shape index (κ2) is 9.08. The molecule has 0 aliphatic rings. The SMILES string of the molecule is COc1ccc(OCCNC(=O)CCc2ccc3cc(C)c(=O)[nH]c3c2)cc1. The molecule has 0 radical (unpaired) electrons. The Hall–Kier alpha value is -3.28. The molecule has 0 saturated carbocycles. The quantitative estimate of drug-likeness (QED) is 0.589. The third kappa shape index (κ3) is 5.13. The van der Waals surface area contributed by atoms with E-state index >= 15 is 0 Å². The van der Waals surface area contributed by atoms with Crippen molar-refractivity contribution >= 4 is 16.8 Å². The standard InChI is InChI=1S/C22H24N2O4/c1-15-13-17-5-3-16(14-20(17)24-22(15)26)4-10-21(25)23-11-12-28-19-8-6-18(27-2)7-9-19/h3,5-9,13-14H,4,10-12H2,1-2H3,(H,23,25)(H,24,26). The van der Waals surface area contributed by atoms with Gasteiger partial charge in [-0.3, -0.25) is 9.59 Å². The van der Waals surface area contributed by atoms with Crippen LogP contribution in [0.1, 0.15) is 17.5 Å². The van der Waals surface area contributed by atoms with Gasteiger partial charge in [0, 0.05) is 17.5 Å². The predicted molar refractivity (Wildman–Crippen MR) is 109 cm³/mol. The first kappa shape index (κ1) is 19.5. The number of nitrogens with one attached hydrogen (secondary N) is 2. The summed E-state index contributed by atoms with van der Waals surface area (Å²) in [6.07, 6.45) is 0.987. The zero-order valence-corrected chi connectivity index (χ0v) is 16.1. The van der Waals surface area contributed by atoms with Crippen molar-refractivity contribution in [1.29, 1.82) is 0 Å². The molecule has 2 aromatic carbocycles. The van der Waals surface area contributed by atoms with Crippen molar-refractivity contribution in [3.8, 4) is 11.5 Å². The average Bonchev–Trinajstić information content (AvgIpc) is 2.71. The number of carbonyl (C=O) groups is 1. The molecule has 0 atom stereocenters. The van der Waals surface area contributed by atoms with E-state index in [1.54, 1.807) is 14.0 Å². The normalized spacial score (nSPS) is 10.6. The molecule has 6 nitrogen and oxygen atoms in total. The summed E-state index contributed by atoms with van der Waals surface area (Å²) in [6.45, 7) is 2.62. The number of hydrogen-bond donors (Lipinski definition) is 2. The van der Waals surface area contributed by atoms with Gasteiger partial charge < -0.3 is 19.8 Å². The van der Waals surface area contributed by atoms with Gasteiger partial charge in [0.2, 0.25) is 5.91 Å². The molecule has 1 amide bonds. The molecule has 3 aromatic rings. The lowest BCUT2D eigenvalue weighted by atomic mass is 10.1. The Morgan fingerprint density at radius 2 is 1.82 bits per heavy atom. The summed E-state index contributed by atoms with van der Waals surface area (Å²) in [7, 11) is 1.61. The van der Waals surface area contributed by atoms with Crippen LogP contribution in [0, 0.1) is 6.92 Å². The van der Waals surface area contributed by atoms with Crippen LogP contribution in [0.25, 0.3) is 10.9 Å². The van der Waals surface area contributed by atoms with Crippen LogP contribution in [-0.4, -0.2) is 31.2 Å². The molecule has 0 unspecified atom stereocenters. The number of rotatable bonds is 8. The maximum atomic E-state index is 12.0. The summed E-state index contributed by atoms with van der Waals surface area (Å²) in [4.78, 5) is 26.7. The van der Waals surface area contributed by atoms with Gasteiger partial charge in [0.25, 0.3) is 5.56 Å². The van der Waals surface area contributed by atoms with Gasteiger partial charge in [0.15, 0.2) is 0 Å². The molecule has 6 heteroatoms. The molecular weight excluding hydrogens is 356 g/mol. The number of benzene rings is 2. The first-order valence-corrected chi connectivity index (χ1v) is 9.21. The smallest absolute Gasteiger partial charge is 0.251 e. The van der Waals surface area contributed by atoms with Crippen LogP contribution in [0.2, 0.25) is 0 Å². The van der Waals surface area contributed by atoms with Crippen LogP contribution in [-0.2, 0) is 11.2 Å². The van der Waals surface area contributed by atoms with Gasteiger partial charge in [-0.15, -0.1) is 0 Å². The zero-order chi connectivity index (χ0) is 19.9. The Labute approximate surface area is 163 Å². The molecular formula is C22H24N2O4. The van der Waals surface area contributed by atoms with E-state index in [-0.39, 0.29) is 11.5 Å². The molecule has 0 fully saturated rings. The van der Waals surface area contributed by atoms with Crippen molar-refractivity contribution in [3.63, 3.8) is 0 Å². The van der Waals surface area contributed by atoms with Crippen LogP contribution in [0.4, 0.5) is 0 Å². The minimum atomic E-state index is -0.0840. The van der Waals surface area contributed by atoms with E-state index < -0.39 is 0 Å². The van der Waals surface area contributed by atoms with Crippen LogP contribution < -0.4 is 20.3 Å². The highest BCUT2D eigenvalue weighted by Gasteiger charge is 2.05. The molecule has 0 aliphatic carbocycles. The lowest BCUT2D eigenvalue weighted by Crippen LogP contribution is -2.28. The summed E-state index contributed by atoms with van der Waals surface area (Å²) in [5.41, 5.74) is 2.41. The molecule has 0 bridgehead atoms. The number of hydrogen-bond acceptors (Lipinski definition) is 4. The number of carbonyl (C=O) groups excluding carboxylic acids is 1. The topological polar surface area (TPSA) is 80.4 Å². The van der Waals surface area contributed by atoms with Gasteiger partial charge in [-0.2, -0.15) is 0 Å². The maximum Gasteiger partial charge on any atom is 0.251 e. The molecule has 146 valence electrons. The third-order valence-electron chi connectivity index (χ3n) is 4.49. The summed E-state index contributed by atoms with van der Waals surface area (Å²) < 4.78 is 10.7. The first-order valence-electron chi connectivity index (χ1n) is 9.21. The second-order valence-corrected chi connectivity index (χ2v) is 6.58. The molecule has 0 spiro atoms. The number of fused-ring (bicyclic) bond motifs is 1. The van der Waals surface area contributed by atoms with Crippen LogP contribution >= 0.6 is 0 Å².